The van der Waals surface area contributed by atoms with Crippen LogP contribution in [-0.4, -0.2) is 29.3 Å². The molecule has 0 bridgehead atoms. The third kappa shape index (κ3) is 7.58. The van der Waals surface area contributed by atoms with Crippen LogP contribution in [0.4, 0.5) is 0 Å². The van der Waals surface area contributed by atoms with E-state index in [0.717, 1.165) is 5.75 Å². The van der Waals surface area contributed by atoms with Crippen molar-refractivity contribution in [3.8, 4) is 0 Å². The molecule has 0 spiro atoms. The minimum Gasteiger partial charge on any atom is -0.386 e. The SMILES string of the molecule is NC(N)=NCCSCO. The second-order valence-corrected chi connectivity index (χ2v) is 2.42. The lowest BCUT2D eigenvalue weighted by molar-refractivity contribution is 0.375. The number of nitrogens with zero attached hydrogens (tertiary/aromatic N) is 1. The van der Waals surface area contributed by atoms with E-state index in [0.29, 0.717) is 6.54 Å². The van der Waals surface area contributed by atoms with Gasteiger partial charge >= 0.3 is 0 Å². The summed E-state index contributed by atoms with van der Waals surface area (Å²) in [6.07, 6.45) is 0. The molecule has 0 aliphatic heterocycles. The van der Waals surface area contributed by atoms with E-state index >= 15 is 0 Å². The number of hydrogen-bond donors (Lipinski definition) is 3. The van der Waals surface area contributed by atoms with Crippen molar-refractivity contribution < 1.29 is 5.11 Å². The van der Waals surface area contributed by atoms with E-state index < -0.39 is 0 Å². The largest absolute Gasteiger partial charge is 0.386 e. The zero-order chi connectivity index (χ0) is 7.11. The van der Waals surface area contributed by atoms with Crippen LogP contribution < -0.4 is 11.5 Å². The zero-order valence-electron chi connectivity index (χ0n) is 5.08. The molecule has 0 aliphatic carbocycles. The molecule has 0 fully saturated rings. The fourth-order valence-electron chi connectivity index (χ4n) is 0.304. The molecule has 4 nitrogen and oxygen atoms in total. The summed E-state index contributed by atoms with van der Waals surface area (Å²) in [7, 11) is 0. The van der Waals surface area contributed by atoms with Crippen LogP contribution in [0.25, 0.3) is 0 Å². The number of nitrogens with two attached hydrogens (primary N) is 2. The van der Waals surface area contributed by atoms with Gasteiger partial charge in [0.25, 0.3) is 0 Å². The van der Waals surface area contributed by atoms with Gasteiger partial charge in [-0.1, -0.05) is 0 Å². The molecule has 0 saturated carbocycles. The summed E-state index contributed by atoms with van der Waals surface area (Å²) in [6.45, 7) is 0.577. The highest BCUT2D eigenvalue weighted by Gasteiger charge is 1.83. The van der Waals surface area contributed by atoms with Gasteiger partial charge in [0.05, 0.1) is 12.5 Å². The van der Waals surface area contributed by atoms with E-state index in [1.807, 2.05) is 0 Å². The van der Waals surface area contributed by atoms with Crippen molar-refractivity contribution in [3.05, 3.63) is 0 Å². The molecule has 5 heteroatoms. The Kier molecular flexibility index (Phi) is 5.45. The van der Waals surface area contributed by atoms with Crippen LogP contribution in [0.15, 0.2) is 4.99 Å². The van der Waals surface area contributed by atoms with Gasteiger partial charge in [0, 0.05) is 5.75 Å². The number of aliphatic hydroxyl groups is 1. The Morgan fingerprint density at radius 1 is 1.56 bits per heavy atom. The quantitative estimate of drug-likeness (QED) is 0.206. The summed E-state index contributed by atoms with van der Waals surface area (Å²) in [6, 6.07) is 0. The molecular weight excluding hydrogens is 138 g/mol. The smallest absolute Gasteiger partial charge is 0.185 e. The van der Waals surface area contributed by atoms with E-state index in [2.05, 4.69) is 4.99 Å². The molecule has 0 radical (unpaired) electrons. The third-order valence-electron chi connectivity index (χ3n) is 0.621. The Hall–Kier alpha value is -0.420. The summed E-state index contributed by atoms with van der Waals surface area (Å²) in [4.78, 5) is 3.70. The van der Waals surface area contributed by atoms with Crippen LogP contribution in [0.3, 0.4) is 0 Å². The van der Waals surface area contributed by atoms with Crippen molar-refractivity contribution in [2.75, 3.05) is 18.2 Å². The number of rotatable bonds is 4. The monoisotopic (exact) mass is 149 g/mol. The topological polar surface area (TPSA) is 84.6 Å². The molecule has 0 aliphatic rings. The van der Waals surface area contributed by atoms with Crippen molar-refractivity contribution in [1.29, 1.82) is 0 Å². The fraction of sp³-hybridized carbons (Fsp3) is 0.750. The van der Waals surface area contributed by atoms with Crippen LogP contribution in [0.1, 0.15) is 0 Å². The van der Waals surface area contributed by atoms with Crippen LogP contribution in [0, 0.1) is 0 Å². The molecule has 0 heterocycles. The molecule has 54 valence electrons. The van der Waals surface area contributed by atoms with Crippen molar-refractivity contribution in [1.82, 2.24) is 0 Å². The highest BCUT2D eigenvalue weighted by Crippen LogP contribution is 1.94. The fourth-order valence-corrected chi connectivity index (χ4v) is 0.653. The average Bonchev–Trinajstić information content (AvgIpc) is 1.80. The Bertz CT molecular complexity index is 91.8. The van der Waals surface area contributed by atoms with E-state index in [-0.39, 0.29) is 11.9 Å². The van der Waals surface area contributed by atoms with Crippen molar-refractivity contribution >= 4 is 17.7 Å². The van der Waals surface area contributed by atoms with Crippen LogP contribution in [-0.2, 0) is 0 Å². The maximum absolute atomic E-state index is 8.28. The molecule has 0 aromatic heterocycles. The molecule has 0 saturated heterocycles. The Morgan fingerprint density at radius 3 is 2.67 bits per heavy atom. The Morgan fingerprint density at radius 2 is 2.22 bits per heavy atom. The van der Waals surface area contributed by atoms with Gasteiger partial charge < -0.3 is 16.6 Å². The number of aliphatic imine (C=N–C) groups is 1. The van der Waals surface area contributed by atoms with E-state index in [4.69, 9.17) is 16.6 Å². The molecule has 0 amide bonds. The van der Waals surface area contributed by atoms with Gasteiger partial charge in [0.2, 0.25) is 0 Å². The Balaban J connectivity index is 3.00. The summed E-state index contributed by atoms with van der Waals surface area (Å²) in [5.74, 6) is 0.988. The number of aliphatic hydroxyl groups excluding tert-OH is 1. The van der Waals surface area contributed by atoms with E-state index in [1.54, 1.807) is 0 Å². The molecule has 0 aromatic carbocycles. The van der Waals surface area contributed by atoms with E-state index in [9.17, 15) is 0 Å². The molecule has 5 N–H and O–H groups in total. The van der Waals surface area contributed by atoms with Crippen molar-refractivity contribution in [2.24, 2.45) is 16.5 Å². The highest BCUT2D eigenvalue weighted by molar-refractivity contribution is 7.99. The van der Waals surface area contributed by atoms with Crippen LogP contribution in [0.5, 0.6) is 0 Å². The summed E-state index contributed by atoms with van der Waals surface area (Å²) in [5.41, 5.74) is 10.1. The summed E-state index contributed by atoms with van der Waals surface area (Å²) < 4.78 is 0. The normalized spacial score (nSPS) is 9.00. The molecule has 0 atom stereocenters. The minimum absolute atomic E-state index is 0.105. The lowest BCUT2D eigenvalue weighted by Gasteiger charge is -1.92. The second kappa shape index (κ2) is 5.71. The van der Waals surface area contributed by atoms with Crippen molar-refractivity contribution in [2.45, 2.75) is 0 Å². The van der Waals surface area contributed by atoms with Gasteiger partial charge in [-0.25, -0.2) is 0 Å². The van der Waals surface area contributed by atoms with Gasteiger partial charge in [-0.2, -0.15) is 0 Å². The lowest BCUT2D eigenvalue weighted by atomic mass is 10.8. The molecular formula is C4H11N3OS. The maximum atomic E-state index is 8.28. The van der Waals surface area contributed by atoms with Gasteiger partial charge in [-0.3, -0.25) is 4.99 Å². The number of thioether (sulfide) groups is 1. The standard InChI is InChI=1S/C4H11N3OS/c5-4(6)7-1-2-9-3-8/h8H,1-3H2,(H4,5,6,7). The molecule has 0 rings (SSSR count). The third-order valence-corrected chi connectivity index (χ3v) is 1.28. The first kappa shape index (κ1) is 8.58. The molecule has 9 heavy (non-hydrogen) atoms. The summed E-state index contributed by atoms with van der Waals surface area (Å²) in [5, 5.41) is 8.28. The van der Waals surface area contributed by atoms with Gasteiger partial charge in [0.15, 0.2) is 5.96 Å². The first-order chi connectivity index (χ1) is 4.27. The van der Waals surface area contributed by atoms with E-state index in [1.165, 1.54) is 11.8 Å². The maximum Gasteiger partial charge on any atom is 0.185 e. The zero-order valence-corrected chi connectivity index (χ0v) is 5.90. The first-order valence-electron chi connectivity index (χ1n) is 2.51. The van der Waals surface area contributed by atoms with Gasteiger partial charge in [0.1, 0.15) is 0 Å². The predicted octanol–water partition coefficient (Wildman–Crippen LogP) is -1.06. The molecule has 0 unspecified atom stereocenters. The Labute approximate surface area is 58.3 Å². The van der Waals surface area contributed by atoms with Gasteiger partial charge in [-0.15, -0.1) is 11.8 Å². The number of hydrogen-bond acceptors (Lipinski definition) is 3. The van der Waals surface area contributed by atoms with Crippen LogP contribution in [0.2, 0.25) is 0 Å². The molecule has 0 aromatic rings. The van der Waals surface area contributed by atoms with Crippen molar-refractivity contribution in [3.63, 3.8) is 0 Å². The van der Waals surface area contributed by atoms with Gasteiger partial charge in [-0.05, 0) is 0 Å². The minimum atomic E-state index is 0.105. The average molecular weight is 149 g/mol. The number of guanidine groups is 1. The first-order valence-corrected chi connectivity index (χ1v) is 3.67. The van der Waals surface area contributed by atoms with Crippen LogP contribution >= 0.6 is 11.8 Å². The highest BCUT2D eigenvalue weighted by atomic mass is 32.2. The summed E-state index contributed by atoms with van der Waals surface area (Å²) >= 11 is 1.39. The lowest BCUT2D eigenvalue weighted by Crippen LogP contribution is -2.23. The predicted molar refractivity (Wildman–Crippen MR) is 40.2 cm³/mol. The second-order valence-electron chi connectivity index (χ2n) is 1.34.